The second kappa shape index (κ2) is 7.56. The van der Waals surface area contributed by atoms with Crippen molar-refractivity contribution in [2.75, 3.05) is 19.6 Å². The van der Waals surface area contributed by atoms with Crippen molar-refractivity contribution in [1.29, 1.82) is 0 Å². The van der Waals surface area contributed by atoms with E-state index in [1.165, 1.54) is 11.3 Å². The summed E-state index contributed by atoms with van der Waals surface area (Å²) < 4.78 is 1.84. The third kappa shape index (κ3) is 3.34. The highest BCUT2D eigenvalue weighted by atomic mass is 35.5. The van der Waals surface area contributed by atoms with Gasteiger partial charge in [-0.2, -0.15) is 5.10 Å². The first-order chi connectivity index (χ1) is 12.0. The molecule has 0 bridgehead atoms. The Morgan fingerprint density at radius 2 is 2.15 bits per heavy atom. The van der Waals surface area contributed by atoms with E-state index < -0.39 is 0 Å². The molecule has 3 aromatic rings. The predicted octanol–water partition coefficient (Wildman–Crippen LogP) is 3.90. The average molecular weight is 411 g/mol. The van der Waals surface area contributed by atoms with Crippen molar-refractivity contribution in [2.24, 2.45) is 0 Å². The number of para-hydroxylation sites is 1. The number of aryl methyl sites for hydroxylation is 1. The summed E-state index contributed by atoms with van der Waals surface area (Å²) in [5.74, 6) is 0.0969. The number of piperazine rings is 1. The molecule has 26 heavy (non-hydrogen) atoms. The van der Waals surface area contributed by atoms with Crippen molar-refractivity contribution in [3.8, 4) is 5.69 Å². The predicted molar refractivity (Wildman–Crippen MR) is 109 cm³/mol. The van der Waals surface area contributed by atoms with Gasteiger partial charge in [-0.05, 0) is 32.0 Å². The number of halogens is 2. The van der Waals surface area contributed by atoms with Crippen LogP contribution in [-0.4, -0.2) is 46.3 Å². The van der Waals surface area contributed by atoms with Crippen molar-refractivity contribution in [3.63, 3.8) is 0 Å². The fraction of sp³-hybridized carbons (Fsp3) is 0.333. The molecule has 1 aliphatic rings. The Balaban J connectivity index is 0.00000196. The van der Waals surface area contributed by atoms with Crippen molar-refractivity contribution in [1.82, 2.24) is 20.0 Å². The number of hydrogen-bond donors (Lipinski definition) is 1. The van der Waals surface area contributed by atoms with Crippen LogP contribution in [0.1, 0.15) is 22.3 Å². The van der Waals surface area contributed by atoms with E-state index in [0.29, 0.717) is 11.1 Å². The van der Waals surface area contributed by atoms with Gasteiger partial charge in [0.2, 0.25) is 0 Å². The van der Waals surface area contributed by atoms with Gasteiger partial charge in [-0.15, -0.1) is 23.7 Å². The number of carbonyl (C=O) groups excluding carboxylic acids is 1. The topological polar surface area (TPSA) is 50.2 Å². The highest BCUT2D eigenvalue weighted by molar-refractivity contribution is 7.20. The Labute approximate surface area is 167 Å². The molecular formula is C18H20Cl2N4OS. The minimum absolute atomic E-state index is 0. The molecule has 0 saturated carbocycles. The molecule has 1 atom stereocenters. The average Bonchev–Trinajstić information content (AvgIpc) is 3.16. The van der Waals surface area contributed by atoms with Crippen molar-refractivity contribution < 1.29 is 4.79 Å². The summed E-state index contributed by atoms with van der Waals surface area (Å²) >= 11 is 7.82. The summed E-state index contributed by atoms with van der Waals surface area (Å²) in [6, 6.07) is 9.91. The van der Waals surface area contributed by atoms with Crippen LogP contribution in [0.15, 0.2) is 30.3 Å². The molecule has 1 unspecified atom stereocenters. The minimum Gasteiger partial charge on any atom is -0.335 e. The SMILES string of the molecule is Cc1nn(-c2ccccc2Cl)c2sc(C(=O)N3CCNC(C)C3)cc12.Cl. The number of amides is 1. The molecule has 0 spiro atoms. The zero-order valence-corrected chi connectivity index (χ0v) is 16.9. The lowest BCUT2D eigenvalue weighted by Crippen LogP contribution is -2.51. The summed E-state index contributed by atoms with van der Waals surface area (Å²) in [7, 11) is 0. The van der Waals surface area contributed by atoms with Gasteiger partial charge in [-0.25, -0.2) is 4.68 Å². The van der Waals surface area contributed by atoms with Crippen LogP contribution >= 0.6 is 35.3 Å². The molecule has 3 heterocycles. The highest BCUT2D eigenvalue weighted by Gasteiger charge is 2.25. The van der Waals surface area contributed by atoms with Crippen LogP contribution in [-0.2, 0) is 0 Å². The summed E-state index contributed by atoms with van der Waals surface area (Å²) in [5, 5.41) is 9.63. The molecular weight excluding hydrogens is 391 g/mol. The number of rotatable bonds is 2. The maximum atomic E-state index is 12.9. The standard InChI is InChI=1S/C18H19ClN4OS.ClH/c1-11-10-22(8-7-20-11)17(24)16-9-13-12(2)21-23(18(13)25-16)15-6-4-3-5-14(15)19;/h3-6,9,11,20H,7-8,10H2,1-2H3;1H. The molecule has 4 rings (SSSR count). The van der Waals surface area contributed by atoms with Gasteiger partial charge in [-0.1, -0.05) is 23.7 Å². The molecule has 1 N–H and O–H groups in total. The first-order valence-corrected chi connectivity index (χ1v) is 9.51. The fourth-order valence-electron chi connectivity index (χ4n) is 3.21. The van der Waals surface area contributed by atoms with Gasteiger partial charge in [0.05, 0.1) is 21.3 Å². The molecule has 1 amide bonds. The number of fused-ring (bicyclic) bond motifs is 1. The van der Waals surface area contributed by atoms with E-state index in [9.17, 15) is 4.79 Å². The highest BCUT2D eigenvalue weighted by Crippen LogP contribution is 2.33. The van der Waals surface area contributed by atoms with Gasteiger partial charge in [0.1, 0.15) is 4.83 Å². The molecule has 8 heteroatoms. The lowest BCUT2D eigenvalue weighted by molar-refractivity contribution is 0.0714. The molecule has 1 aliphatic heterocycles. The van der Waals surface area contributed by atoms with Crippen LogP contribution in [0, 0.1) is 6.92 Å². The Kier molecular flexibility index (Phi) is 5.58. The van der Waals surface area contributed by atoms with Crippen LogP contribution < -0.4 is 5.32 Å². The smallest absolute Gasteiger partial charge is 0.264 e. The first kappa shape index (κ1) is 19.2. The Bertz CT molecular complexity index is 952. The van der Waals surface area contributed by atoms with Crippen molar-refractivity contribution in [2.45, 2.75) is 19.9 Å². The van der Waals surface area contributed by atoms with Gasteiger partial charge >= 0.3 is 0 Å². The first-order valence-electron chi connectivity index (χ1n) is 8.31. The summed E-state index contributed by atoms with van der Waals surface area (Å²) in [6.07, 6.45) is 0. The van der Waals surface area contributed by atoms with Crippen molar-refractivity contribution in [3.05, 3.63) is 45.9 Å². The van der Waals surface area contributed by atoms with Crippen LogP contribution in [0.2, 0.25) is 5.02 Å². The van der Waals surface area contributed by atoms with E-state index in [1.54, 1.807) is 0 Å². The maximum absolute atomic E-state index is 12.9. The van der Waals surface area contributed by atoms with E-state index in [1.807, 2.05) is 46.8 Å². The number of nitrogens with zero attached hydrogens (tertiary/aromatic N) is 3. The van der Waals surface area contributed by atoms with Gasteiger partial charge < -0.3 is 10.2 Å². The summed E-state index contributed by atoms with van der Waals surface area (Å²) in [4.78, 5) is 16.5. The monoisotopic (exact) mass is 410 g/mol. The van der Waals surface area contributed by atoms with E-state index in [4.69, 9.17) is 11.6 Å². The van der Waals surface area contributed by atoms with Gasteiger partial charge in [0.25, 0.3) is 5.91 Å². The number of thiophene rings is 1. The fourth-order valence-corrected chi connectivity index (χ4v) is 4.57. The molecule has 5 nitrogen and oxygen atoms in total. The second-order valence-electron chi connectivity index (χ2n) is 6.38. The minimum atomic E-state index is 0. The van der Waals surface area contributed by atoms with E-state index in [-0.39, 0.29) is 18.3 Å². The Hall–Kier alpha value is -1.60. The number of hydrogen-bond acceptors (Lipinski definition) is 4. The zero-order chi connectivity index (χ0) is 17.6. The van der Waals surface area contributed by atoms with Gasteiger partial charge in [0.15, 0.2) is 0 Å². The molecule has 0 radical (unpaired) electrons. The normalized spacial score (nSPS) is 17.3. The van der Waals surface area contributed by atoms with E-state index in [2.05, 4.69) is 17.3 Å². The Morgan fingerprint density at radius 3 is 2.88 bits per heavy atom. The van der Waals surface area contributed by atoms with Crippen LogP contribution in [0.3, 0.4) is 0 Å². The molecule has 0 aliphatic carbocycles. The number of nitrogens with one attached hydrogen (secondary N) is 1. The quantitative estimate of drug-likeness (QED) is 0.696. The molecule has 1 saturated heterocycles. The third-order valence-corrected chi connectivity index (χ3v) is 5.91. The largest absolute Gasteiger partial charge is 0.335 e. The maximum Gasteiger partial charge on any atom is 0.264 e. The lowest BCUT2D eigenvalue weighted by atomic mass is 10.2. The lowest BCUT2D eigenvalue weighted by Gasteiger charge is -2.31. The number of aromatic nitrogens is 2. The van der Waals surface area contributed by atoms with Crippen molar-refractivity contribution >= 4 is 51.5 Å². The second-order valence-corrected chi connectivity index (χ2v) is 7.82. The van der Waals surface area contributed by atoms with E-state index >= 15 is 0 Å². The van der Waals surface area contributed by atoms with Crippen LogP contribution in [0.4, 0.5) is 0 Å². The van der Waals surface area contributed by atoms with Crippen LogP contribution in [0.25, 0.3) is 15.9 Å². The number of benzene rings is 1. The summed E-state index contributed by atoms with van der Waals surface area (Å²) in [5.41, 5.74) is 1.73. The van der Waals surface area contributed by atoms with Gasteiger partial charge in [0, 0.05) is 31.1 Å². The Morgan fingerprint density at radius 1 is 1.38 bits per heavy atom. The number of carbonyl (C=O) groups is 1. The van der Waals surface area contributed by atoms with E-state index in [0.717, 1.165) is 46.1 Å². The third-order valence-electron chi connectivity index (χ3n) is 4.49. The molecule has 1 fully saturated rings. The molecule has 1 aromatic carbocycles. The molecule has 138 valence electrons. The molecule has 2 aromatic heterocycles. The summed E-state index contributed by atoms with van der Waals surface area (Å²) in [6.45, 7) is 6.38. The van der Waals surface area contributed by atoms with Gasteiger partial charge in [-0.3, -0.25) is 4.79 Å². The zero-order valence-electron chi connectivity index (χ0n) is 14.5. The van der Waals surface area contributed by atoms with Crippen LogP contribution in [0.5, 0.6) is 0 Å².